The zero-order chi connectivity index (χ0) is 33.8. The molecule has 0 unspecified atom stereocenters. The van der Waals surface area contributed by atoms with Gasteiger partial charge in [-0.3, -0.25) is 0 Å². The molecule has 10 rings (SSSR count). The molecule has 240 valence electrons. The molecule has 2 aliphatic carbocycles. The van der Waals surface area contributed by atoms with Crippen LogP contribution < -0.4 is 4.90 Å². The van der Waals surface area contributed by atoms with Gasteiger partial charge < -0.3 is 9.47 Å². The molecule has 8 aromatic rings. The highest BCUT2D eigenvalue weighted by Crippen LogP contribution is 2.54. The maximum atomic E-state index is 2.46. The summed E-state index contributed by atoms with van der Waals surface area (Å²) in [6, 6.07) is 58.4. The Balaban J connectivity index is 1.15. The van der Waals surface area contributed by atoms with Gasteiger partial charge in [0.25, 0.3) is 0 Å². The van der Waals surface area contributed by atoms with Crippen LogP contribution in [-0.4, -0.2) is 4.57 Å². The van der Waals surface area contributed by atoms with Crippen LogP contribution in [0, 0.1) is 0 Å². The molecule has 0 fully saturated rings. The van der Waals surface area contributed by atoms with Crippen molar-refractivity contribution in [3.8, 4) is 27.9 Å². The average Bonchev–Trinajstić information content (AvgIpc) is 3.68. The van der Waals surface area contributed by atoms with E-state index in [1.165, 1.54) is 83.4 Å². The Morgan fingerprint density at radius 3 is 1.64 bits per heavy atom. The summed E-state index contributed by atoms with van der Waals surface area (Å²) in [7, 11) is 0. The second kappa shape index (κ2) is 10.3. The number of hydrogen-bond donors (Lipinski definition) is 0. The number of aromatic nitrogens is 1. The maximum absolute atomic E-state index is 2.46. The summed E-state index contributed by atoms with van der Waals surface area (Å²) in [4.78, 5) is 2.44. The molecule has 1 heterocycles. The molecule has 0 amide bonds. The number of nitrogens with zero attached hydrogens (tertiary/aromatic N) is 2. The van der Waals surface area contributed by atoms with Crippen molar-refractivity contribution in [2.75, 3.05) is 4.90 Å². The Morgan fingerprint density at radius 2 is 0.920 bits per heavy atom. The van der Waals surface area contributed by atoms with Gasteiger partial charge in [0.05, 0.1) is 11.0 Å². The Kier molecular flexibility index (Phi) is 6.01. The van der Waals surface area contributed by atoms with Crippen molar-refractivity contribution in [3.05, 3.63) is 180 Å². The van der Waals surface area contributed by atoms with E-state index in [1.807, 2.05) is 0 Å². The monoisotopic (exact) mass is 642 g/mol. The minimum atomic E-state index is -0.184. The summed E-state index contributed by atoms with van der Waals surface area (Å²) in [5.74, 6) is 0. The first-order valence-electron chi connectivity index (χ1n) is 17.7. The SMILES string of the molecule is CC1(C)c2ccccc2-c2ccc(N(c3ccccc3)c3ccc4c(c3)C(C)(C)c3cc5c(cc3-4)c3ccccc3n5-c3ccccc3)cc21. The minimum Gasteiger partial charge on any atom is -0.310 e. The van der Waals surface area contributed by atoms with Gasteiger partial charge in [0.1, 0.15) is 0 Å². The average molecular weight is 643 g/mol. The van der Waals surface area contributed by atoms with E-state index in [1.54, 1.807) is 0 Å². The quantitative estimate of drug-likeness (QED) is 0.185. The van der Waals surface area contributed by atoms with Crippen molar-refractivity contribution in [1.82, 2.24) is 4.57 Å². The predicted molar refractivity (Wildman–Crippen MR) is 211 cm³/mol. The highest BCUT2D eigenvalue weighted by molar-refractivity contribution is 6.11. The van der Waals surface area contributed by atoms with Crippen LogP contribution in [0.25, 0.3) is 49.7 Å². The summed E-state index contributed by atoms with van der Waals surface area (Å²) in [6.07, 6.45) is 0. The van der Waals surface area contributed by atoms with Crippen LogP contribution >= 0.6 is 0 Å². The van der Waals surface area contributed by atoms with E-state index in [0.717, 1.165) is 5.69 Å². The molecule has 1 aromatic heterocycles. The van der Waals surface area contributed by atoms with Gasteiger partial charge in [-0.25, -0.2) is 0 Å². The molecule has 0 aliphatic heterocycles. The van der Waals surface area contributed by atoms with E-state index < -0.39 is 0 Å². The third-order valence-electron chi connectivity index (χ3n) is 11.6. The van der Waals surface area contributed by atoms with Gasteiger partial charge in [0, 0.05) is 44.4 Å². The number of para-hydroxylation sites is 3. The molecule has 0 bridgehead atoms. The van der Waals surface area contributed by atoms with E-state index in [0.29, 0.717) is 0 Å². The third kappa shape index (κ3) is 3.96. The smallest absolute Gasteiger partial charge is 0.0544 e. The molecule has 0 spiro atoms. The van der Waals surface area contributed by atoms with E-state index in [9.17, 15) is 0 Å². The topological polar surface area (TPSA) is 8.17 Å². The molecule has 0 atom stereocenters. The van der Waals surface area contributed by atoms with Crippen LogP contribution in [0.1, 0.15) is 49.9 Å². The Bertz CT molecular complexity index is 2640. The Hall–Kier alpha value is -5.86. The van der Waals surface area contributed by atoms with Crippen LogP contribution in [0.3, 0.4) is 0 Å². The highest BCUT2D eigenvalue weighted by atomic mass is 15.1. The Morgan fingerprint density at radius 1 is 0.380 bits per heavy atom. The van der Waals surface area contributed by atoms with Gasteiger partial charge in [-0.05, 0) is 111 Å². The molecule has 2 aliphatic rings. The molecular weight excluding hydrogens is 605 g/mol. The third-order valence-corrected chi connectivity index (χ3v) is 11.6. The molecule has 0 N–H and O–H groups in total. The molecule has 0 saturated heterocycles. The standard InChI is InChI=1S/C48H38N2/c1-47(2)41-21-13-11-19-35(41)36-25-23-33(27-42(36)47)49(31-15-7-5-8-16-31)34-24-26-37-39-29-40-38-20-12-14-22-45(38)50(32-17-9-6-10-18-32)46(40)30-44(39)48(3,4)43(37)28-34/h5-30H,1-4H3. The molecule has 7 aromatic carbocycles. The van der Waals surface area contributed by atoms with Crippen molar-refractivity contribution < 1.29 is 0 Å². The van der Waals surface area contributed by atoms with Crippen molar-refractivity contribution in [2.45, 2.75) is 38.5 Å². The first kappa shape index (κ1) is 29.1. The molecule has 0 radical (unpaired) electrons. The van der Waals surface area contributed by atoms with Crippen molar-refractivity contribution in [3.63, 3.8) is 0 Å². The summed E-state index contributed by atoms with van der Waals surface area (Å²) < 4.78 is 2.43. The lowest BCUT2D eigenvalue weighted by molar-refractivity contribution is 0.660. The van der Waals surface area contributed by atoms with Gasteiger partial charge in [-0.15, -0.1) is 0 Å². The van der Waals surface area contributed by atoms with Gasteiger partial charge >= 0.3 is 0 Å². The van der Waals surface area contributed by atoms with Crippen LogP contribution in [0.5, 0.6) is 0 Å². The number of rotatable bonds is 4. The van der Waals surface area contributed by atoms with E-state index >= 15 is 0 Å². The lowest BCUT2D eigenvalue weighted by atomic mass is 9.82. The van der Waals surface area contributed by atoms with Gasteiger partial charge in [0.2, 0.25) is 0 Å². The zero-order valence-corrected chi connectivity index (χ0v) is 28.9. The second-order valence-corrected chi connectivity index (χ2v) is 15.0. The highest BCUT2D eigenvalue weighted by Gasteiger charge is 2.38. The van der Waals surface area contributed by atoms with Crippen LogP contribution in [0.15, 0.2) is 158 Å². The molecule has 2 nitrogen and oxygen atoms in total. The summed E-state index contributed by atoms with van der Waals surface area (Å²) in [5, 5.41) is 2.58. The van der Waals surface area contributed by atoms with Gasteiger partial charge in [0.15, 0.2) is 0 Å². The lowest BCUT2D eigenvalue weighted by Crippen LogP contribution is -2.18. The fourth-order valence-electron chi connectivity index (χ4n) is 9.03. The fraction of sp³-hybridized carbons (Fsp3) is 0.125. The molecule has 50 heavy (non-hydrogen) atoms. The van der Waals surface area contributed by atoms with Crippen molar-refractivity contribution in [2.24, 2.45) is 0 Å². The number of hydrogen-bond acceptors (Lipinski definition) is 1. The molecule has 2 heteroatoms. The molecular formula is C48H38N2. The number of benzene rings is 7. The maximum Gasteiger partial charge on any atom is 0.0544 e. The number of fused-ring (bicyclic) bond motifs is 9. The van der Waals surface area contributed by atoms with Crippen LogP contribution in [0.2, 0.25) is 0 Å². The number of anilines is 3. The summed E-state index contributed by atoms with van der Waals surface area (Å²) in [5.41, 5.74) is 17.8. The first-order chi connectivity index (χ1) is 24.3. The van der Waals surface area contributed by atoms with Gasteiger partial charge in [-0.2, -0.15) is 0 Å². The van der Waals surface area contributed by atoms with Crippen molar-refractivity contribution in [1.29, 1.82) is 0 Å². The molecule has 0 saturated carbocycles. The van der Waals surface area contributed by atoms with Crippen LogP contribution in [-0.2, 0) is 10.8 Å². The van der Waals surface area contributed by atoms with Crippen molar-refractivity contribution >= 4 is 38.9 Å². The second-order valence-electron chi connectivity index (χ2n) is 15.0. The van der Waals surface area contributed by atoms with E-state index in [-0.39, 0.29) is 10.8 Å². The fourth-order valence-corrected chi connectivity index (χ4v) is 9.03. The predicted octanol–water partition coefficient (Wildman–Crippen LogP) is 12.9. The van der Waals surface area contributed by atoms with E-state index in [4.69, 9.17) is 0 Å². The summed E-state index contributed by atoms with van der Waals surface area (Å²) >= 11 is 0. The minimum absolute atomic E-state index is 0.0709. The Labute approximate surface area is 293 Å². The normalized spacial score (nSPS) is 14.7. The summed E-state index contributed by atoms with van der Waals surface area (Å²) in [6.45, 7) is 9.51. The first-order valence-corrected chi connectivity index (χ1v) is 17.7. The largest absolute Gasteiger partial charge is 0.310 e. The van der Waals surface area contributed by atoms with Gasteiger partial charge in [-0.1, -0.05) is 119 Å². The lowest BCUT2D eigenvalue weighted by Gasteiger charge is -2.29. The zero-order valence-electron chi connectivity index (χ0n) is 28.9. The van der Waals surface area contributed by atoms with Crippen LogP contribution in [0.4, 0.5) is 17.1 Å². The van der Waals surface area contributed by atoms with E-state index in [2.05, 4.69) is 195 Å².